The topological polar surface area (TPSA) is 159 Å². The van der Waals surface area contributed by atoms with E-state index in [1.807, 2.05) is 24.3 Å². The van der Waals surface area contributed by atoms with Crippen LogP contribution in [-0.4, -0.2) is 58.3 Å². The lowest BCUT2D eigenvalue weighted by Gasteiger charge is -2.18. The van der Waals surface area contributed by atoms with Gasteiger partial charge in [-0.15, -0.1) is 0 Å². The Morgan fingerprint density at radius 2 is 1.79 bits per heavy atom. The van der Waals surface area contributed by atoms with Gasteiger partial charge in [0, 0.05) is 22.4 Å². The molecule has 0 spiro atoms. The number of carboxylic acids is 2. The molecule has 0 radical (unpaired) electrons. The van der Waals surface area contributed by atoms with Crippen molar-refractivity contribution >= 4 is 51.4 Å². The maximum absolute atomic E-state index is 12.2. The summed E-state index contributed by atoms with van der Waals surface area (Å²) in [6.45, 7) is -0.563. The summed E-state index contributed by atoms with van der Waals surface area (Å²) >= 11 is 4.74. The number of rotatable bonds is 12. The first kappa shape index (κ1) is 23.9. The summed E-state index contributed by atoms with van der Waals surface area (Å²) in [5, 5.41) is 22.2. The molecule has 9 nitrogen and oxygen atoms in total. The standard InChI is InChI=1S/C17H22BrN3O6S/c18-11-3-1-10(2-4-11)8-28-9-13(16(25)20-7-15(23)24)21-14(22)6-5-12(19)17(26)27/h1-4,12-13H,5-9,19H2,(H,20,25)(H,21,22)(H,23,24)(H,26,27)/t12-,13+/m0/s1. The first-order valence-corrected chi connectivity index (χ1v) is 10.2. The van der Waals surface area contributed by atoms with Crippen LogP contribution in [0.1, 0.15) is 18.4 Å². The molecule has 1 aromatic carbocycles. The zero-order valence-electron chi connectivity index (χ0n) is 14.9. The molecule has 0 aliphatic rings. The first-order valence-electron chi connectivity index (χ1n) is 8.28. The number of benzene rings is 1. The molecule has 2 atom stereocenters. The van der Waals surface area contributed by atoms with Gasteiger partial charge in [0.2, 0.25) is 11.8 Å². The van der Waals surface area contributed by atoms with E-state index in [1.165, 1.54) is 11.8 Å². The van der Waals surface area contributed by atoms with Crippen LogP contribution in [0.25, 0.3) is 0 Å². The van der Waals surface area contributed by atoms with Crippen molar-refractivity contribution in [2.45, 2.75) is 30.7 Å². The van der Waals surface area contributed by atoms with Crippen molar-refractivity contribution in [2.75, 3.05) is 12.3 Å². The Balaban J connectivity index is 2.60. The summed E-state index contributed by atoms with van der Waals surface area (Å²) in [4.78, 5) is 45.6. The van der Waals surface area contributed by atoms with Gasteiger partial charge in [-0.25, -0.2) is 0 Å². The van der Waals surface area contributed by atoms with Crippen molar-refractivity contribution in [1.82, 2.24) is 10.6 Å². The Bertz CT molecular complexity index is 701. The fraction of sp³-hybridized carbons (Fsp3) is 0.412. The highest BCUT2D eigenvalue weighted by Gasteiger charge is 2.22. The zero-order valence-corrected chi connectivity index (χ0v) is 17.3. The lowest BCUT2D eigenvalue weighted by Crippen LogP contribution is -2.49. The van der Waals surface area contributed by atoms with Crippen molar-refractivity contribution < 1.29 is 29.4 Å². The highest BCUT2D eigenvalue weighted by Crippen LogP contribution is 2.16. The molecule has 0 bridgehead atoms. The average molecular weight is 476 g/mol. The summed E-state index contributed by atoms with van der Waals surface area (Å²) in [5.41, 5.74) is 6.38. The number of carboxylic acid groups (broad SMARTS) is 2. The molecule has 11 heteroatoms. The van der Waals surface area contributed by atoms with E-state index in [9.17, 15) is 19.2 Å². The van der Waals surface area contributed by atoms with Crippen LogP contribution >= 0.6 is 27.7 Å². The molecule has 0 saturated carbocycles. The third-order valence-corrected chi connectivity index (χ3v) is 5.17. The van der Waals surface area contributed by atoms with Gasteiger partial charge in [0.25, 0.3) is 0 Å². The van der Waals surface area contributed by atoms with E-state index in [-0.39, 0.29) is 18.6 Å². The molecule has 154 valence electrons. The van der Waals surface area contributed by atoms with Gasteiger partial charge in [0.15, 0.2) is 0 Å². The second-order valence-corrected chi connectivity index (χ2v) is 7.80. The number of hydrogen-bond donors (Lipinski definition) is 5. The molecule has 28 heavy (non-hydrogen) atoms. The molecule has 1 rings (SSSR count). The van der Waals surface area contributed by atoms with Crippen LogP contribution in [0.15, 0.2) is 28.7 Å². The van der Waals surface area contributed by atoms with Gasteiger partial charge in [0.05, 0.1) is 0 Å². The Morgan fingerprint density at radius 1 is 1.14 bits per heavy atom. The van der Waals surface area contributed by atoms with E-state index in [0.29, 0.717) is 5.75 Å². The fourth-order valence-electron chi connectivity index (χ4n) is 2.02. The maximum atomic E-state index is 12.2. The van der Waals surface area contributed by atoms with Crippen molar-refractivity contribution in [3.63, 3.8) is 0 Å². The predicted molar refractivity (Wildman–Crippen MR) is 108 cm³/mol. The van der Waals surface area contributed by atoms with Crippen LogP contribution in [0.4, 0.5) is 0 Å². The first-order chi connectivity index (χ1) is 13.2. The van der Waals surface area contributed by atoms with Crippen LogP contribution in [0.3, 0.4) is 0 Å². The average Bonchev–Trinajstić information content (AvgIpc) is 2.64. The number of carbonyl (C=O) groups excluding carboxylic acids is 2. The lowest BCUT2D eigenvalue weighted by atomic mass is 10.1. The van der Waals surface area contributed by atoms with E-state index < -0.39 is 42.4 Å². The monoisotopic (exact) mass is 475 g/mol. The largest absolute Gasteiger partial charge is 0.480 e. The van der Waals surface area contributed by atoms with Crippen molar-refractivity contribution in [3.05, 3.63) is 34.3 Å². The van der Waals surface area contributed by atoms with Gasteiger partial charge in [-0.3, -0.25) is 19.2 Å². The molecular weight excluding hydrogens is 454 g/mol. The van der Waals surface area contributed by atoms with Crippen molar-refractivity contribution in [2.24, 2.45) is 5.73 Å². The molecule has 0 fully saturated rings. The summed E-state index contributed by atoms with van der Waals surface area (Å²) in [7, 11) is 0. The third-order valence-electron chi connectivity index (χ3n) is 3.53. The molecule has 6 N–H and O–H groups in total. The Kier molecular flexibility index (Phi) is 10.6. The number of carbonyl (C=O) groups is 4. The van der Waals surface area contributed by atoms with Crippen LogP contribution in [0.2, 0.25) is 0 Å². The molecule has 0 heterocycles. The summed E-state index contributed by atoms with van der Waals surface area (Å²) in [5.74, 6) is -2.76. The molecule has 0 saturated heterocycles. The third kappa shape index (κ3) is 9.72. The Morgan fingerprint density at radius 3 is 2.36 bits per heavy atom. The van der Waals surface area contributed by atoms with E-state index in [2.05, 4.69) is 26.6 Å². The number of hydrogen-bond acceptors (Lipinski definition) is 6. The van der Waals surface area contributed by atoms with E-state index in [4.69, 9.17) is 15.9 Å². The number of nitrogens with one attached hydrogen (secondary N) is 2. The minimum Gasteiger partial charge on any atom is -0.480 e. The van der Waals surface area contributed by atoms with Gasteiger partial charge >= 0.3 is 11.9 Å². The van der Waals surface area contributed by atoms with Gasteiger partial charge in [-0.1, -0.05) is 28.1 Å². The molecule has 0 aliphatic heterocycles. The molecule has 0 aliphatic carbocycles. The predicted octanol–water partition coefficient (Wildman–Crippen LogP) is 0.560. The number of aliphatic carboxylic acids is 2. The normalized spacial score (nSPS) is 12.6. The van der Waals surface area contributed by atoms with Crippen molar-refractivity contribution in [1.29, 1.82) is 0 Å². The number of thioether (sulfide) groups is 1. The van der Waals surface area contributed by atoms with E-state index in [0.717, 1.165) is 10.0 Å². The quantitative estimate of drug-likeness (QED) is 0.293. The summed E-state index contributed by atoms with van der Waals surface area (Å²) in [6.07, 6.45) is -0.232. The maximum Gasteiger partial charge on any atom is 0.322 e. The van der Waals surface area contributed by atoms with E-state index in [1.54, 1.807) is 0 Å². The van der Waals surface area contributed by atoms with Gasteiger partial charge in [-0.2, -0.15) is 11.8 Å². The zero-order chi connectivity index (χ0) is 21.1. The van der Waals surface area contributed by atoms with Crippen LogP contribution in [0, 0.1) is 0 Å². The molecule has 2 amide bonds. The van der Waals surface area contributed by atoms with E-state index >= 15 is 0 Å². The molecular formula is C17H22BrN3O6S. The lowest BCUT2D eigenvalue weighted by molar-refractivity contribution is -0.139. The highest BCUT2D eigenvalue weighted by molar-refractivity contribution is 9.10. The highest BCUT2D eigenvalue weighted by atomic mass is 79.9. The van der Waals surface area contributed by atoms with Crippen LogP contribution < -0.4 is 16.4 Å². The molecule has 1 aromatic rings. The van der Waals surface area contributed by atoms with Gasteiger partial charge in [0.1, 0.15) is 18.6 Å². The molecule has 0 aromatic heterocycles. The molecule has 0 unspecified atom stereocenters. The fourth-order valence-corrected chi connectivity index (χ4v) is 3.30. The number of amides is 2. The Labute approximate surface area is 174 Å². The number of nitrogens with two attached hydrogens (primary N) is 1. The van der Waals surface area contributed by atoms with Gasteiger partial charge in [-0.05, 0) is 24.1 Å². The minimum absolute atomic E-state index is 0.0728. The smallest absolute Gasteiger partial charge is 0.322 e. The number of halogens is 1. The van der Waals surface area contributed by atoms with Gasteiger partial charge < -0.3 is 26.6 Å². The SMILES string of the molecule is N[C@@H](CCC(=O)N[C@H](CSCc1ccc(Br)cc1)C(=O)NCC(=O)O)C(=O)O. The minimum atomic E-state index is -1.21. The summed E-state index contributed by atoms with van der Waals surface area (Å²) < 4.78 is 0.944. The summed E-state index contributed by atoms with van der Waals surface area (Å²) in [6, 6.07) is 5.50. The van der Waals surface area contributed by atoms with Crippen molar-refractivity contribution in [3.8, 4) is 0 Å². The van der Waals surface area contributed by atoms with Crippen LogP contribution in [-0.2, 0) is 24.9 Å². The Hall–Kier alpha value is -2.11. The second kappa shape index (κ2) is 12.4. The van der Waals surface area contributed by atoms with Crippen LogP contribution in [0.5, 0.6) is 0 Å². The second-order valence-electron chi connectivity index (χ2n) is 5.86.